The Morgan fingerprint density at radius 1 is 1.47 bits per heavy atom. The standard InChI is InChI=1S/C12H12ClN3O/c1-8-12(4-2-5-12)11(17)16(15-8)10-3-6-14-7-9(10)13/h3,6-7H,2,4-5H2,1H3. The number of halogens is 1. The predicted octanol–water partition coefficient (Wildman–Crippen LogP) is 2.63. The second-order valence-electron chi connectivity index (χ2n) is 4.57. The molecule has 3 rings (SSSR count). The molecule has 0 bridgehead atoms. The van der Waals surface area contributed by atoms with E-state index in [9.17, 15) is 4.79 Å². The Kier molecular flexibility index (Phi) is 2.23. The van der Waals surface area contributed by atoms with Crippen molar-refractivity contribution < 1.29 is 4.79 Å². The fraction of sp³-hybridized carbons (Fsp3) is 0.417. The number of aromatic nitrogens is 1. The van der Waals surface area contributed by atoms with E-state index in [4.69, 9.17) is 11.6 Å². The van der Waals surface area contributed by atoms with Crippen LogP contribution >= 0.6 is 11.6 Å². The van der Waals surface area contributed by atoms with Crippen molar-refractivity contribution >= 4 is 28.9 Å². The average molecular weight is 250 g/mol. The third-order valence-corrected chi connectivity index (χ3v) is 4.02. The molecule has 1 amide bonds. The quantitative estimate of drug-likeness (QED) is 0.768. The van der Waals surface area contributed by atoms with Crippen molar-refractivity contribution in [2.45, 2.75) is 26.2 Å². The van der Waals surface area contributed by atoms with Crippen molar-refractivity contribution in [2.75, 3.05) is 5.01 Å². The summed E-state index contributed by atoms with van der Waals surface area (Å²) in [6.45, 7) is 1.92. The first kappa shape index (κ1) is 10.7. The van der Waals surface area contributed by atoms with Crippen LogP contribution in [0.5, 0.6) is 0 Å². The Bertz CT molecular complexity index is 522. The molecule has 1 aliphatic carbocycles. The largest absolute Gasteiger partial charge is 0.271 e. The van der Waals surface area contributed by atoms with Gasteiger partial charge in [-0.15, -0.1) is 0 Å². The Morgan fingerprint density at radius 3 is 2.76 bits per heavy atom. The van der Waals surface area contributed by atoms with E-state index in [1.165, 1.54) is 11.2 Å². The second-order valence-corrected chi connectivity index (χ2v) is 4.97. The van der Waals surface area contributed by atoms with E-state index in [-0.39, 0.29) is 11.3 Å². The van der Waals surface area contributed by atoms with Crippen LogP contribution in [0.1, 0.15) is 26.2 Å². The molecule has 1 fully saturated rings. The minimum absolute atomic E-state index is 0.0503. The molecule has 1 spiro atoms. The van der Waals surface area contributed by atoms with Crippen molar-refractivity contribution in [1.29, 1.82) is 0 Å². The lowest BCUT2D eigenvalue weighted by Crippen LogP contribution is -2.44. The molecule has 0 saturated heterocycles. The summed E-state index contributed by atoms with van der Waals surface area (Å²) in [6.07, 6.45) is 6.04. The average Bonchev–Trinajstić information content (AvgIpc) is 2.51. The molecule has 2 aliphatic rings. The molecule has 1 saturated carbocycles. The Balaban J connectivity index is 2.02. The number of hydrazone groups is 1. The Labute approximate surface area is 104 Å². The van der Waals surface area contributed by atoms with Gasteiger partial charge in [-0.3, -0.25) is 9.78 Å². The van der Waals surface area contributed by atoms with E-state index in [1.54, 1.807) is 12.3 Å². The molecule has 17 heavy (non-hydrogen) atoms. The zero-order valence-electron chi connectivity index (χ0n) is 9.48. The highest BCUT2D eigenvalue weighted by Gasteiger charge is 2.53. The molecule has 0 N–H and O–H groups in total. The number of hydrogen-bond acceptors (Lipinski definition) is 3. The molecule has 0 radical (unpaired) electrons. The van der Waals surface area contributed by atoms with Gasteiger partial charge in [-0.25, -0.2) is 0 Å². The summed E-state index contributed by atoms with van der Waals surface area (Å²) >= 11 is 6.05. The van der Waals surface area contributed by atoms with Gasteiger partial charge in [-0.2, -0.15) is 10.1 Å². The van der Waals surface area contributed by atoms with Crippen molar-refractivity contribution in [3.05, 3.63) is 23.5 Å². The Morgan fingerprint density at radius 2 is 2.24 bits per heavy atom. The lowest BCUT2D eigenvalue weighted by atomic mass is 9.66. The predicted molar refractivity (Wildman–Crippen MR) is 66.1 cm³/mol. The molecule has 1 aromatic rings. The van der Waals surface area contributed by atoms with E-state index >= 15 is 0 Å². The highest BCUT2D eigenvalue weighted by molar-refractivity contribution is 6.34. The van der Waals surface area contributed by atoms with Gasteiger partial charge in [0.15, 0.2) is 0 Å². The molecule has 1 aromatic heterocycles. The van der Waals surface area contributed by atoms with Crippen LogP contribution < -0.4 is 5.01 Å². The summed E-state index contributed by atoms with van der Waals surface area (Å²) in [5.41, 5.74) is 1.18. The van der Waals surface area contributed by atoms with Crippen LogP contribution in [-0.4, -0.2) is 16.6 Å². The SMILES string of the molecule is CC1=NN(c2ccncc2Cl)C(=O)C12CCC2. The summed E-state index contributed by atoms with van der Waals surface area (Å²) in [5.74, 6) is 0.0503. The van der Waals surface area contributed by atoms with Crippen molar-refractivity contribution in [3.63, 3.8) is 0 Å². The summed E-state index contributed by atoms with van der Waals surface area (Å²) in [7, 11) is 0. The molecular formula is C12H12ClN3O. The molecule has 5 heteroatoms. The van der Waals surface area contributed by atoms with Crippen molar-refractivity contribution in [2.24, 2.45) is 10.5 Å². The van der Waals surface area contributed by atoms with Gasteiger partial charge in [-0.05, 0) is 25.8 Å². The summed E-state index contributed by atoms with van der Waals surface area (Å²) < 4.78 is 0. The van der Waals surface area contributed by atoms with Crippen LogP contribution in [0.2, 0.25) is 5.02 Å². The topological polar surface area (TPSA) is 45.6 Å². The first-order valence-corrected chi connectivity index (χ1v) is 6.03. The van der Waals surface area contributed by atoms with Gasteiger partial charge >= 0.3 is 0 Å². The monoisotopic (exact) mass is 249 g/mol. The maximum atomic E-state index is 12.4. The van der Waals surface area contributed by atoms with Crippen LogP contribution in [0.25, 0.3) is 0 Å². The van der Waals surface area contributed by atoms with Gasteiger partial charge in [0.1, 0.15) is 0 Å². The highest BCUT2D eigenvalue weighted by Crippen LogP contribution is 2.48. The van der Waals surface area contributed by atoms with E-state index < -0.39 is 0 Å². The first-order chi connectivity index (χ1) is 8.15. The van der Waals surface area contributed by atoms with Crippen LogP contribution in [0.4, 0.5) is 5.69 Å². The third kappa shape index (κ3) is 1.33. The zero-order chi connectivity index (χ0) is 12.0. The van der Waals surface area contributed by atoms with E-state index in [1.807, 2.05) is 6.92 Å². The number of carbonyl (C=O) groups excluding carboxylic acids is 1. The number of pyridine rings is 1. The van der Waals surface area contributed by atoms with E-state index in [0.29, 0.717) is 10.7 Å². The van der Waals surface area contributed by atoms with Gasteiger partial charge in [0.25, 0.3) is 5.91 Å². The molecule has 0 aromatic carbocycles. The molecule has 0 unspecified atom stereocenters. The van der Waals surface area contributed by atoms with Crippen molar-refractivity contribution in [3.8, 4) is 0 Å². The Hall–Kier alpha value is -1.42. The third-order valence-electron chi connectivity index (χ3n) is 3.73. The van der Waals surface area contributed by atoms with Gasteiger partial charge in [0, 0.05) is 12.4 Å². The maximum absolute atomic E-state index is 12.4. The number of nitrogens with zero attached hydrogens (tertiary/aromatic N) is 3. The molecule has 88 valence electrons. The van der Waals surface area contributed by atoms with Gasteiger partial charge in [0.05, 0.1) is 21.8 Å². The van der Waals surface area contributed by atoms with E-state index in [0.717, 1.165) is 25.0 Å². The van der Waals surface area contributed by atoms with Crippen LogP contribution in [0.15, 0.2) is 23.6 Å². The molecule has 2 heterocycles. The number of carbonyl (C=O) groups is 1. The number of anilines is 1. The maximum Gasteiger partial charge on any atom is 0.259 e. The van der Waals surface area contributed by atoms with Crippen LogP contribution in [0.3, 0.4) is 0 Å². The first-order valence-electron chi connectivity index (χ1n) is 5.65. The normalized spacial score (nSPS) is 21.6. The minimum atomic E-state index is -0.341. The van der Waals surface area contributed by atoms with Gasteiger partial charge in [0.2, 0.25) is 0 Å². The fourth-order valence-corrected chi connectivity index (χ4v) is 2.66. The summed E-state index contributed by atoms with van der Waals surface area (Å²) in [4.78, 5) is 16.3. The summed E-state index contributed by atoms with van der Waals surface area (Å²) in [5, 5.41) is 6.25. The molecule has 4 nitrogen and oxygen atoms in total. The zero-order valence-corrected chi connectivity index (χ0v) is 10.2. The van der Waals surface area contributed by atoms with Crippen LogP contribution in [-0.2, 0) is 4.79 Å². The highest BCUT2D eigenvalue weighted by atomic mass is 35.5. The van der Waals surface area contributed by atoms with E-state index in [2.05, 4.69) is 10.1 Å². The smallest absolute Gasteiger partial charge is 0.259 e. The summed E-state index contributed by atoms with van der Waals surface area (Å²) in [6, 6.07) is 1.72. The minimum Gasteiger partial charge on any atom is -0.271 e. The lowest BCUT2D eigenvalue weighted by molar-refractivity contribution is -0.126. The van der Waals surface area contributed by atoms with Crippen molar-refractivity contribution in [1.82, 2.24) is 4.98 Å². The number of rotatable bonds is 1. The molecule has 0 atom stereocenters. The molecular weight excluding hydrogens is 238 g/mol. The lowest BCUT2D eigenvalue weighted by Gasteiger charge is -2.36. The van der Waals surface area contributed by atoms with Gasteiger partial charge in [-0.1, -0.05) is 18.0 Å². The van der Waals surface area contributed by atoms with Gasteiger partial charge < -0.3 is 0 Å². The number of hydrogen-bond donors (Lipinski definition) is 0. The van der Waals surface area contributed by atoms with Crippen LogP contribution in [0, 0.1) is 5.41 Å². The second kappa shape index (κ2) is 3.53. The fourth-order valence-electron chi connectivity index (χ4n) is 2.46. The molecule has 1 aliphatic heterocycles. The number of amides is 1.